The Bertz CT molecular complexity index is 1200. The van der Waals surface area contributed by atoms with E-state index in [1.165, 1.54) is 4.90 Å². The van der Waals surface area contributed by atoms with Crippen molar-refractivity contribution in [3.8, 4) is 0 Å². The molecule has 2 amide bonds. The number of nitrogens with one attached hydrogen (secondary N) is 1. The number of hydrogen-bond donors (Lipinski definition) is 1. The predicted octanol–water partition coefficient (Wildman–Crippen LogP) is 5.23. The minimum Gasteiger partial charge on any atom is -0.444 e. The molecule has 204 valence electrons. The zero-order chi connectivity index (χ0) is 27.9. The van der Waals surface area contributed by atoms with Crippen LogP contribution in [-0.4, -0.2) is 47.4 Å². The fraction of sp³-hybridized carbons (Fsp3) is 0.344. The Kier molecular flexibility index (Phi) is 8.82. The van der Waals surface area contributed by atoms with Crippen LogP contribution in [0.5, 0.6) is 0 Å². The maximum atomic E-state index is 13.7. The SMILES string of the molecule is CC(C)(C)OC(=O)N1CCC[C@H]1C(=O)N[C@H](C=O)C(OCc1ccccc1)(c1ccccc1)c1ccccc1. The van der Waals surface area contributed by atoms with E-state index in [-0.39, 0.29) is 6.61 Å². The minimum absolute atomic E-state index is 0.207. The molecule has 3 aromatic carbocycles. The molecule has 0 bridgehead atoms. The number of carbonyl (C=O) groups excluding carboxylic acids is 3. The summed E-state index contributed by atoms with van der Waals surface area (Å²) in [6.07, 6.45) is 1.32. The van der Waals surface area contributed by atoms with Gasteiger partial charge in [-0.15, -0.1) is 0 Å². The molecule has 1 fully saturated rings. The fourth-order valence-electron chi connectivity index (χ4n) is 4.98. The van der Waals surface area contributed by atoms with Gasteiger partial charge in [0.25, 0.3) is 0 Å². The molecule has 1 saturated heterocycles. The van der Waals surface area contributed by atoms with Crippen molar-refractivity contribution < 1.29 is 23.9 Å². The van der Waals surface area contributed by atoms with E-state index in [1.807, 2.05) is 91.0 Å². The summed E-state index contributed by atoms with van der Waals surface area (Å²) in [5.41, 5.74) is 0.356. The number of nitrogens with zero attached hydrogens (tertiary/aromatic N) is 1. The summed E-state index contributed by atoms with van der Waals surface area (Å²) in [5, 5.41) is 2.95. The summed E-state index contributed by atoms with van der Waals surface area (Å²) in [6, 6.07) is 26.7. The van der Waals surface area contributed by atoms with Crippen LogP contribution in [0.25, 0.3) is 0 Å². The van der Waals surface area contributed by atoms with Gasteiger partial charge in [0, 0.05) is 6.54 Å². The van der Waals surface area contributed by atoms with E-state index in [0.29, 0.717) is 19.4 Å². The zero-order valence-corrected chi connectivity index (χ0v) is 22.7. The number of ether oxygens (including phenoxy) is 2. The van der Waals surface area contributed by atoms with Crippen molar-refractivity contribution in [2.45, 2.75) is 63.5 Å². The number of rotatable bonds is 9. The monoisotopic (exact) mass is 528 g/mol. The Balaban J connectivity index is 1.71. The molecule has 39 heavy (non-hydrogen) atoms. The van der Waals surface area contributed by atoms with E-state index in [9.17, 15) is 14.4 Å². The van der Waals surface area contributed by atoms with E-state index in [1.54, 1.807) is 20.8 Å². The molecule has 0 aliphatic carbocycles. The van der Waals surface area contributed by atoms with Crippen molar-refractivity contribution in [1.82, 2.24) is 10.2 Å². The number of likely N-dealkylation sites (tertiary alicyclic amines) is 1. The van der Waals surface area contributed by atoms with Gasteiger partial charge in [0.2, 0.25) is 5.91 Å². The molecule has 0 radical (unpaired) electrons. The molecule has 7 nitrogen and oxygen atoms in total. The van der Waals surface area contributed by atoms with Crippen LogP contribution >= 0.6 is 0 Å². The van der Waals surface area contributed by atoms with Crippen LogP contribution in [0.1, 0.15) is 50.3 Å². The largest absolute Gasteiger partial charge is 0.444 e. The van der Waals surface area contributed by atoms with Crippen molar-refractivity contribution >= 4 is 18.3 Å². The summed E-state index contributed by atoms with van der Waals surface area (Å²) in [6.45, 7) is 5.98. The second-order valence-electron chi connectivity index (χ2n) is 10.7. The lowest BCUT2D eigenvalue weighted by molar-refractivity contribution is -0.134. The molecule has 1 aliphatic heterocycles. The molecule has 0 aromatic heterocycles. The molecule has 1 aliphatic rings. The number of aldehydes is 1. The Morgan fingerprint density at radius 2 is 1.46 bits per heavy atom. The molecule has 4 rings (SSSR count). The number of benzene rings is 3. The van der Waals surface area contributed by atoms with Crippen LogP contribution in [0.2, 0.25) is 0 Å². The minimum atomic E-state index is -1.33. The summed E-state index contributed by atoms with van der Waals surface area (Å²) in [5.74, 6) is -0.421. The van der Waals surface area contributed by atoms with Crippen LogP contribution in [0.15, 0.2) is 91.0 Å². The van der Waals surface area contributed by atoms with Crippen LogP contribution in [-0.2, 0) is 31.3 Å². The number of hydrogen-bond acceptors (Lipinski definition) is 5. The van der Waals surface area contributed by atoms with E-state index < -0.39 is 35.3 Å². The molecule has 2 atom stereocenters. The third kappa shape index (κ3) is 6.55. The Morgan fingerprint density at radius 3 is 1.97 bits per heavy atom. The first-order valence-corrected chi connectivity index (χ1v) is 13.3. The summed E-state index contributed by atoms with van der Waals surface area (Å²) >= 11 is 0. The van der Waals surface area contributed by atoms with Gasteiger partial charge < -0.3 is 19.6 Å². The smallest absolute Gasteiger partial charge is 0.410 e. The average molecular weight is 529 g/mol. The van der Waals surface area contributed by atoms with E-state index >= 15 is 0 Å². The van der Waals surface area contributed by atoms with Crippen molar-refractivity contribution in [3.05, 3.63) is 108 Å². The molecule has 7 heteroatoms. The van der Waals surface area contributed by atoms with E-state index in [0.717, 1.165) is 23.0 Å². The van der Waals surface area contributed by atoms with Crippen LogP contribution in [0.4, 0.5) is 4.79 Å². The van der Waals surface area contributed by atoms with Gasteiger partial charge in [0.05, 0.1) is 6.61 Å². The van der Waals surface area contributed by atoms with Crippen molar-refractivity contribution in [2.75, 3.05) is 6.54 Å². The van der Waals surface area contributed by atoms with Gasteiger partial charge in [-0.05, 0) is 50.3 Å². The first kappa shape index (κ1) is 28.0. The second-order valence-corrected chi connectivity index (χ2v) is 10.7. The molecular weight excluding hydrogens is 492 g/mol. The molecule has 1 heterocycles. The fourth-order valence-corrected chi connectivity index (χ4v) is 4.98. The highest BCUT2D eigenvalue weighted by Crippen LogP contribution is 2.38. The molecule has 0 unspecified atom stereocenters. The maximum Gasteiger partial charge on any atom is 0.410 e. The summed E-state index contributed by atoms with van der Waals surface area (Å²) in [4.78, 5) is 40.9. The van der Waals surface area contributed by atoms with E-state index in [4.69, 9.17) is 9.47 Å². The lowest BCUT2D eigenvalue weighted by Gasteiger charge is -2.40. The van der Waals surface area contributed by atoms with Crippen molar-refractivity contribution in [2.24, 2.45) is 0 Å². The summed E-state index contributed by atoms with van der Waals surface area (Å²) < 4.78 is 12.2. The molecular formula is C32H36N2O5. The topological polar surface area (TPSA) is 84.9 Å². The first-order valence-electron chi connectivity index (χ1n) is 13.3. The summed E-state index contributed by atoms with van der Waals surface area (Å²) in [7, 11) is 0. The molecule has 0 saturated carbocycles. The van der Waals surface area contributed by atoms with Gasteiger partial charge in [-0.25, -0.2) is 4.79 Å². The highest BCUT2D eigenvalue weighted by molar-refractivity contribution is 5.88. The highest BCUT2D eigenvalue weighted by atomic mass is 16.6. The lowest BCUT2D eigenvalue weighted by Crippen LogP contribution is -2.57. The van der Waals surface area contributed by atoms with Crippen LogP contribution in [0, 0.1) is 0 Å². The second kappa shape index (κ2) is 12.3. The third-order valence-electron chi connectivity index (χ3n) is 6.77. The zero-order valence-electron chi connectivity index (χ0n) is 22.7. The van der Waals surface area contributed by atoms with Crippen LogP contribution < -0.4 is 5.32 Å². The van der Waals surface area contributed by atoms with Gasteiger partial charge >= 0.3 is 6.09 Å². The van der Waals surface area contributed by atoms with Gasteiger partial charge in [-0.2, -0.15) is 0 Å². The van der Waals surface area contributed by atoms with Gasteiger partial charge in [-0.1, -0.05) is 91.0 Å². The van der Waals surface area contributed by atoms with Crippen molar-refractivity contribution in [1.29, 1.82) is 0 Å². The van der Waals surface area contributed by atoms with E-state index in [2.05, 4.69) is 5.32 Å². The van der Waals surface area contributed by atoms with Gasteiger partial charge in [0.15, 0.2) is 0 Å². The number of carbonyl (C=O) groups is 3. The Hall–Kier alpha value is -3.97. The molecule has 1 N–H and O–H groups in total. The van der Waals surface area contributed by atoms with Gasteiger partial charge in [0.1, 0.15) is 29.6 Å². The first-order chi connectivity index (χ1) is 18.7. The maximum absolute atomic E-state index is 13.7. The van der Waals surface area contributed by atoms with Gasteiger partial charge in [-0.3, -0.25) is 9.69 Å². The lowest BCUT2D eigenvalue weighted by atomic mass is 9.80. The Labute approximate surface area is 230 Å². The standard InChI is InChI=1S/C32H36N2O5/c1-31(2,3)39-30(37)34-21-13-20-27(34)29(36)33-28(22-35)32(25-16-9-5-10-17-25,26-18-11-6-12-19-26)38-23-24-14-7-4-8-15-24/h4-12,14-19,22,27-28H,13,20-21,23H2,1-3H3,(H,33,36)/t27-,28+/m0/s1. The van der Waals surface area contributed by atoms with Crippen LogP contribution in [0.3, 0.4) is 0 Å². The quantitative estimate of drug-likeness (QED) is 0.385. The normalized spacial score (nSPS) is 16.4. The average Bonchev–Trinajstić information content (AvgIpc) is 3.44. The number of amides is 2. The molecule has 3 aromatic rings. The molecule has 0 spiro atoms. The highest BCUT2D eigenvalue weighted by Gasteiger charge is 2.46. The third-order valence-corrected chi connectivity index (χ3v) is 6.77. The predicted molar refractivity (Wildman–Crippen MR) is 149 cm³/mol. The Morgan fingerprint density at radius 1 is 0.923 bits per heavy atom. The van der Waals surface area contributed by atoms with Crippen molar-refractivity contribution in [3.63, 3.8) is 0 Å².